The zero-order valence-electron chi connectivity index (χ0n) is 15.0. The lowest BCUT2D eigenvalue weighted by Gasteiger charge is -2.26. The first-order chi connectivity index (χ1) is 12.7. The quantitative estimate of drug-likeness (QED) is 0.861. The number of nitrogens with zero attached hydrogens (tertiary/aromatic N) is 1. The summed E-state index contributed by atoms with van der Waals surface area (Å²) in [4.78, 5) is 25.9. The number of anilines is 2. The SMILES string of the molecule is COc1ccc(CCC(=O)Nc2ccc(N3CCCCC3=O)cc2)cc1. The van der Waals surface area contributed by atoms with E-state index in [4.69, 9.17) is 4.74 Å². The van der Waals surface area contributed by atoms with Crippen molar-refractivity contribution >= 4 is 23.2 Å². The maximum absolute atomic E-state index is 12.1. The summed E-state index contributed by atoms with van der Waals surface area (Å²) in [6, 6.07) is 15.2. The fourth-order valence-electron chi connectivity index (χ4n) is 3.08. The number of hydrogen-bond donors (Lipinski definition) is 1. The number of ether oxygens (including phenoxy) is 1. The summed E-state index contributed by atoms with van der Waals surface area (Å²) in [5.41, 5.74) is 2.74. The summed E-state index contributed by atoms with van der Waals surface area (Å²) in [6.07, 6.45) is 3.71. The Bertz CT molecular complexity index is 754. The van der Waals surface area contributed by atoms with Gasteiger partial charge in [-0.1, -0.05) is 12.1 Å². The van der Waals surface area contributed by atoms with Crippen LogP contribution in [0.2, 0.25) is 0 Å². The Morgan fingerprint density at radius 2 is 1.81 bits per heavy atom. The van der Waals surface area contributed by atoms with Crippen LogP contribution in [0.25, 0.3) is 0 Å². The monoisotopic (exact) mass is 352 g/mol. The van der Waals surface area contributed by atoms with Crippen LogP contribution in [0.3, 0.4) is 0 Å². The summed E-state index contributed by atoms with van der Waals surface area (Å²) in [5, 5.41) is 2.91. The minimum Gasteiger partial charge on any atom is -0.497 e. The topological polar surface area (TPSA) is 58.6 Å². The van der Waals surface area contributed by atoms with Crippen LogP contribution >= 0.6 is 0 Å². The number of hydrogen-bond acceptors (Lipinski definition) is 3. The van der Waals surface area contributed by atoms with Gasteiger partial charge < -0.3 is 15.0 Å². The van der Waals surface area contributed by atoms with Crippen molar-refractivity contribution in [1.29, 1.82) is 0 Å². The van der Waals surface area contributed by atoms with E-state index in [2.05, 4.69) is 5.32 Å². The number of nitrogens with one attached hydrogen (secondary N) is 1. The summed E-state index contributed by atoms with van der Waals surface area (Å²) in [6.45, 7) is 0.770. The Kier molecular flexibility index (Phi) is 5.89. The molecule has 0 bridgehead atoms. The highest BCUT2D eigenvalue weighted by Crippen LogP contribution is 2.23. The number of rotatable bonds is 6. The highest BCUT2D eigenvalue weighted by molar-refractivity contribution is 5.95. The van der Waals surface area contributed by atoms with Gasteiger partial charge in [-0.2, -0.15) is 0 Å². The van der Waals surface area contributed by atoms with E-state index in [1.165, 1.54) is 0 Å². The van der Waals surface area contributed by atoms with Gasteiger partial charge in [0.05, 0.1) is 7.11 Å². The highest BCUT2D eigenvalue weighted by atomic mass is 16.5. The fraction of sp³-hybridized carbons (Fsp3) is 0.333. The van der Waals surface area contributed by atoms with Gasteiger partial charge >= 0.3 is 0 Å². The zero-order chi connectivity index (χ0) is 18.4. The van der Waals surface area contributed by atoms with Crippen LogP contribution in [-0.4, -0.2) is 25.5 Å². The van der Waals surface area contributed by atoms with Crippen molar-refractivity contribution in [2.75, 3.05) is 23.9 Å². The lowest BCUT2D eigenvalue weighted by atomic mass is 10.1. The van der Waals surface area contributed by atoms with Gasteiger partial charge in [0.2, 0.25) is 11.8 Å². The maximum atomic E-state index is 12.1. The molecule has 0 saturated carbocycles. The molecular formula is C21H24N2O3. The number of carbonyl (C=O) groups is 2. The normalized spacial score (nSPS) is 14.2. The molecule has 26 heavy (non-hydrogen) atoms. The second-order valence-corrected chi connectivity index (χ2v) is 6.45. The van der Waals surface area contributed by atoms with Gasteiger partial charge in [-0.25, -0.2) is 0 Å². The largest absolute Gasteiger partial charge is 0.497 e. The van der Waals surface area contributed by atoms with E-state index in [-0.39, 0.29) is 11.8 Å². The average Bonchev–Trinajstić information content (AvgIpc) is 2.68. The Balaban J connectivity index is 1.51. The molecule has 1 aliphatic rings. The van der Waals surface area contributed by atoms with E-state index < -0.39 is 0 Å². The predicted octanol–water partition coefficient (Wildman–Crippen LogP) is 3.78. The Morgan fingerprint density at radius 1 is 1.08 bits per heavy atom. The molecule has 5 heteroatoms. The third-order valence-electron chi connectivity index (χ3n) is 4.59. The van der Waals surface area contributed by atoms with Crippen molar-refractivity contribution < 1.29 is 14.3 Å². The van der Waals surface area contributed by atoms with Gasteiger partial charge in [0, 0.05) is 30.8 Å². The minimum absolute atomic E-state index is 0.0254. The first-order valence-electron chi connectivity index (χ1n) is 8.99. The van der Waals surface area contributed by atoms with E-state index >= 15 is 0 Å². The lowest BCUT2D eigenvalue weighted by Crippen LogP contribution is -2.35. The molecule has 0 aliphatic carbocycles. The van der Waals surface area contributed by atoms with Crippen LogP contribution in [0.1, 0.15) is 31.2 Å². The Hall–Kier alpha value is -2.82. The summed E-state index contributed by atoms with van der Waals surface area (Å²) < 4.78 is 5.13. The second kappa shape index (κ2) is 8.52. The summed E-state index contributed by atoms with van der Waals surface area (Å²) in [7, 11) is 1.63. The maximum Gasteiger partial charge on any atom is 0.226 e. The van der Waals surface area contributed by atoms with E-state index in [0.717, 1.165) is 42.1 Å². The molecule has 1 saturated heterocycles. The first-order valence-corrected chi connectivity index (χ1v) is 8.99. The molecule has 2 amide bonds. The van der Waals surface area contributed by atoms with E-state index in [1.54, 1.807) is 7.11 Å². The Morgan fingerprint density at radius 3 is 2.46 bits per heavy atom. The van der Waals surface area contributed by atoms with Crippen molar-refractivity contribution in [1.82, 2.24) is 0 Å². The second-order valence-electron chi connectivity index (χ2n) is 6.45. The molecule has 2 aromatic carbocycles. The summed E-state index contributed by atoms with van der Waals surface area (Å²) in [5.74, 6) is 0.959. The standard InChI is InChI=1S/C21H24N2O3/c1-26-19-12-5-16(6-13-19)7-14-20(24)22-17-8-10-18(11-9-17)23-15-3-2-4-21(23)25/h5-6,8-13H,2-4,7,14-15H2,1H3,(H,22,24). The molecule has 0 atom stereocenters. The van der Waals surface area contributed by atoms with Crippen LogP contribution in [0.15, 0.2) is 48.5 Å². The molecule has 0 unspecified atom stereocenters. The third kappa shape index (κ3) is 4.63. The van der Waals surface area contributed by atoms with E-state index in [9.17, 15) is 9.59 Å². The molecule has 1 N–H and O–H groups in total. The number of amides is 2. The van der Waals surface area contributed by atoms with Crippen molar-refractivity contribution in [3.8, 4) is 5.75 Å². The van der Waals surface area contributed by atoms with Crippen LogP contribution in [0.4, 0.5) is 11.4 Å². The molecule has 3 rings (SSSR count). The molecule has 1 aliphatic heterocycles. The van der Waals surface area contributed by atoms with Crippen molar-refractivity contribution in [2.45, 2.75) is 32.1 Å². The van der Waals surface area contributed by atoms with E-state index in [1.807, 2.05) is 53.4 Å². The van der Waals surface area contributed by atoms with Crippen LogP contribution in [-0.2, 0) is 16.0 Å². The van der Waals surface area contributed by atoms with E-state index in [0.29, 0.717) is 19.3 Å². The number of benzene rings is 2. The predicted molar refractivity (Wildman–Crippen MR) is 103 cm³/mol. The summed E-state index contributed by atoms with van der Waals surface area (Å²) >= 11 is 0. The molecule has 0 radical (unpaired) electrons. The lowest BCUT2D eigenvalue weighted by molar-refractivity contribution is -0.119. The number of piperidine rings is 1. The van der Waals surface area contributed by atoms with Gasteiger partial charge in [-0.3, -0.25) is 9.59 Å². The molecule has 0 aromatic heterocycles. The number of aryl methyl sites for hydroxylation is 1. The van der Waals surface area contributed by atoms with Crippen LogP contribution in [0, 0.1) is 0 Å². The zero-order valence-corrected chi connectivity index (χ0v) is 15.0. The fourth-order valence-corrected chi connectivity index (χ4v) is 3.08. The average molecular weight is 352 g/mol. The molecule has 2 aromatic rings. The molecule has 0 spiro atoms. The highest BCUT2D eigenvalue weighted by Gasteiger charge is 2.19. The van der Waals surface area contributed by atoms with Gasteiger partial charge in [0.1, 0.15) is 5.75 Å². The van der Waals surface area contributed by atoms with Crippen LogP contribution in [0.5, 0.6) is 5.75 Å². The molecule has 1 heterocycles. The van der Waals surface area contributed by atoms with Crippen molar-refractivity contribution in [2.24, 2.45) is 0 Å². The Labute approximate surface area is 154 Å². The van der Waals surface area contributed by atoms with Gasteiger partial charge in [-0.15, -0.1) is 0 Å². The van der Waals surface area contributed by atoms with Gasteiger partial charge in [-0.05, 0) is 61.2 Å². The minimum atomic E-state index is -0.0254. The van der Waals surface area contributed by atoms with Gasteiger partial charge in [0.25, 0.3) is 0 Å². The smallest absolute Gasteiger partial charge is 0.226 e. The van der Waals surface area contributed by atoms with Crippen molar-refractivity contribution in [3.63, 3.8) is 0 Å². The third-order valence-corrected chi connectivity index (χ3v) is 4.59. The number of carbonyl (C=O) groups excluding carboxylic acids is 2. The molecule has 5 nitrogen and oxygen atoms in total. The molecule has 136 valence electrons. The van der Waals surface area contributed by atoms with Crippen molar-refractivity contribution in [3.05, 3.63) is 54.1 Å². The molecular weight excluding hydrogens is 328 g/mol. The number of methoxy groups -OCH3 is 1. The van der Waals surface area contributed by atoms with Gasteiger partial charge in [0.15, 0.2) is 0 Å². The van der Waals surface area contributed by atoms with Crippen LogP contribution < -0.4 is 15.0 Å². The molecule has 1 fully saturated rings. The first kappa shape index (κ1) is 18.0.